The quantitative estimate of drug-likeness (QED) is 0.777. The summed E-state index contributed by atoms with van der Waals surface area (Å²) in [6, 6.07) is 17.1. The molecule has 2 aromatic rings. The molecule has 0 radical (unpaired) electrons. The molecule has 3 rings (SSSR count). The highest BCUT2D eigenvalue weighted by molar-refractivity contribution is 7.92. The van der Waals surface area contributed by atoms with Crippen LogP contribution in [0.3, 0.4) is 0 Å². The van der Waals surface area contributed by atoms with Gasteiger partial charge in [-0.3, -0.25) is 9.21 Å². The van der Waals surface area contributed by atoms with Crippen molar-refractivity contribution >= 4 is 15.7 Å². The van der Waals surface area contributed by atoms with E-state index in [0.717, 1.165) is 13.1 Å². The number of hydrogen-bond acceptors (Lipinski definition) is 5. The van der Waals surface area contributed by atoms with Gasteiger partial charge in [0.05, 0.1) is 35.4 Å². The molecule has 136 valence electrons. The van der Waals surface area contributed by atoms with E-state index in [1.807, 2.05) is 24.3 Å². The number of rotatable bonds is 6. The highest BCUT2D eigenvalue weighted by Gasteiger charge is 2.25. The molecule has 0 aliphatic carbocycles. The average molecular weight is 371 g/mol. The minimum Gasteiger partial charge on any atom is -0.379 e. The van der Waals surface area contributed by atoms with Gasteiger partial charge in [0.2, 0.25) is 0 Å². The van der Waals surface area contributed by atoms with E-state index in [1.54, 1.807) is 12.1 Å². The fourth-order valence-corrected chi connectivity index (χ4v) is 4.32. The zero-order chi connectivity index (χ0) is 18.4. The van der Waals surface area contributed by atoms with Crippen LogP contribution in [0.4, 0.5) is 5.69 Å². The predicted molar refractivity (Wildman–Crippen MR) is 99.4 cm³/mol. The molecule has 1 aliphatic heterocycles. The topological polar surface area (TPSA) is 73.6 Å². The maximum Gasteiger partial charge on any atom is 0.264 e. The van der Waals surface area contributed by atoms with E-state index in [4.69, 9.17) is 10.00 Å². The van der Waals surface area contributed by atoms with Gasteiger partial charge in [-0.05, 0) is 36.4 Å². The van der Waals surface area contributed by atoms with Crippen LogP contribution in [0.25, 0.3) is 0 Å². The van der Waals surface area contributed by atoms with Crippen LogP contribution in [0.2, 0.25) is 0 Å². The number of ether oxygens (including phenoxy) is 1. The molecule has 1 aliphatic rings. The second-order valence-electron chi connectivity index (χ2n) is 6.00. The van der Waals surface area contributed by atoms with Crippen molar-refractivity contribution in [3.8, 4) is 6.07 Å². The van der Waals surface area contributed by atoms with Crippen LogP contribution >= 0.6 is 0 Å². The molecular weight excluding hydrogens is 350 g/mol. The van der Waals surface area contributed by atoms with Gasteiger partial charge in [-0.1, -0.05) is 18.2 Å². The third-order valence-electron chi connectivity index (χ3n) is 4.34. The summed E-state index contributed by atoms with van der Waals surface area (Å²) in [5.74, 6) is 0. The fraction of sp³-hybridized carbons (Fsp3) is 0.316. The molecule has 0 amide bonds. The van der Waals surface area contributed by atoms with Crippen LogP contribution in [-0.2, 0) is 14.8 Å². The molecule has 0 bridgehead atoms. The second kappa shape index (κ2) is 8.32. The molecule has 0 N–H and O–H groups in total. The fourth-order valence-electron chi connectivity index (χ4n) is 2.87. The van der Waals surface area contributed by atoms with Crippen molar-refractivity contribution in [2.45, 2.75) is 4.90 Å². The number of nitrogens with zero attached hydrogens (tertiary/aromatic N) is 3. The Morgan fingerprint density at radius 3 is 2.31 bits per heavy atom. The largest absolute Gasteiger partial charge is 0.379 e. The zero-order valence-corrected chi connectivity index (χ0v) is 15.2. The Morgan fingerprint density at radius 2 is 1.69 bits per heavy atom. The van der Waals surface area contributed by atoms with Gasteiger partial charge in [0.15, 0.2) is 0 Å². The van der Waals surface area contributed by atoms with Crippen molar-refractivity contribution in [3.63, 3.8) is 0 Å². The molecular formula is C19H21N3O3S. The number of para-hydroxylation sites is 1. The van der Waals surface area contributed by atoms with E-state index in [9.17, 15) is 8.42 Å². The standard InChI is InChI=1S/C19H21N3O3S/c20-16-17-6-8-19(9-7-17)26(23,24)22(18-4-2-1-3-5-18)11-10-21-12-14-25-15-13-21/h1-9H,10-15H2. The predicted octanol–water partition coefficient (Wildman–Crippen LogP) is 2.09. The molecule has 0 spiro atoms. The Hall–Kier alpha value is -2.40. The number of morpholine rings is 1. The van der Waals surface area contributed by atoms with Gasteiger partial charge in [0, 0.05) is 26.2 Å². The van der Waals surface area contributed by atoms with Crippen LogP contribution in [-0.4, -0.2) is 52.7 Å². The van der Waals surface area contributed by atoms with Crippen molar-refractivity contribution in [3.05, 3.63) is 60.2 Å². The van der Waals surface area contributed by atoms with Gasteiger partial charge in [0.1, 0.15) is 0 Å². The zero-order valence-electron chi connectivity index (χ0n) is 14.4. The van der Waals surface area contributed by atoms with Gasteiger partial charge >= 0.3 is 0 Å². The van der Waals surface area contributed by atoms with Crippen LogP contribution in [0, 0.1) is 11.3 Å². The van der Waals surface area contributed by atoms with E-state index in [-0.39, 0.29) is 4.90 Å². The summed E-state index contributed by atoms with van der Waals surface area (Å²) in [5.41, 5.74) is 1.06. The summed E-state index contributed by atoms with van der Waals surface area (Å²) in [6.45, 7) is 3.95. The number of anilines is 1. The van der Waals surface area contributed by atoms with Gasteiger partial charge in [-0.2, -0.15) is 5.26 Å². The minimum absolute atomic E-state index is 0.183. The SMILES string of the molecule is N#Cc1ccc(S(=O)(=O)N(CCN2CCOCC2)c2ccccc2)cc1. The van der Waals surface area contributed by atoms with Gasteiger partial charge in [0.25, 0.3) is 10.0 Å². The maximum absolute atomic E-state index is 13.2. The molecule has 26 heavy (non-hydrogen) atoms. The number of hydrogen-bond donors (Lipinski definition) is 0. The monoisotopic (exact) mass is 371 g/mol. The molecule has 0 unspecified atom stereocenters. The first-order valence-corrected chi connectivity index (χ1v) is 9.93. The lowest BCUT2D eigenvalue weighted by Gasteiger charge is -2.30. The van der Waals surface area contributed by atoms with E-state index >= 15 is 0 Å². The number of benzene rings is 2. The molecule has 0 saturated carbocycles. The third-order valence-corrected chi connectivity index (χ3v) is 6.18. The van der Waals surface area contributed by atoms with Crippen LogP contribution in [0.15, 0.2) is 59.5 Å². The Bertz CT molecular complexity index is 855. The van der Waals surface area contributed by atoms with Crippen molar-refractivity contribution in [2.75, 3.05) is 43.7 Å². The van der Waals surface area contributed by atoms with Crippen molar-refractivity contribution in [2.24, 2.45) is 0 Å². The smallest absolute Gasteiger partial charge is 0.264 e. The van der Waals surface area contributed by atoms with Crippen molar-refractivity contribution in [1.82, 2.24) is 4.90 Å². The lowest BCUT2D eigenvalue weighted by Crippen LogP contribution is -2.43. The van der Waals surface area contributed by atoms with Crippen LogP contribution in [0.1, 0.15) is 5.56 Å². The summed E-state index contributed by atoms with van der Waals surface area (Å²) >= 11 is 0. The van der Waals surface area contributed by atoms with Crippen LogP contribution in [0.5, 0.6) is 0 Å². The highest BCUT2D eigenvalue weighted by Crippen LogP contribution is 2.23. The number of nitriles is 1. The first-order valence-electron chi connectivity index (χ1n) is 8.49. The summed E-state index contributed by atoms with van der Waals surface area (Å²) in [4.78, 5) is 2.38. The van der Waals surface area contributed by atoms with Gasteiger partial charge in [-0.15, -0.1) is 0 Å². The first kappa shape index (κ1) is 18.4. The molecule has 0 atom stereocenters. The molecule has 2 aromatic carbocycles. The molecule has 1 saturated heterocycles. The van der Waals surface area contributed by atoms with E-state index < -0.39 is 10.0 Å². The molecule has 0 aromatic heterocycles. The minimum atomic E-state index is -3.71. The van der Waals surface area contributed by atoms with Crippen molar-refractivity contribution in [1.29, 1.82) is 5.26 Å². The Kier molecular flexibility index (Phi) is 5.89. The molecule has 1 heterocycles. The summed E-state index contributed by atoms with van der Waals surface area (Å²) < 4.78 is 33.2. The van der Waals surface area contributed by atoms with Crippen LogP contribution < -0.4 is 4.31 Å². The first-order chi connectivity index (χ1) is 12.6. The van der Waals surface area contributed by atoms with E-state index in [2.05, 4.69) is 4.90 Å². The summed E-state index contributed by atoms with van der Waals surface area (Å²) in [5, 5.41) is 8.92. The molecule has 1 fully saturated rings. The maximum atomic E-state index is 13.2. The van der Waals surface area contributed by atoms with Gasteiger partial charge in [-0.25, -0.2) is 8.42 Å². The Morgan fingerprint density at radius 1 is 1.04 bits per heavy atom. The van der Waals surface area contributed by atoms with E-state index in [0.29, 0.717) is 37.6 Å². The second-order valence-corrected chi connectivity index (χ2v) is 7.87. The normalized spacial score (nSPS) is 15.3. The molecule has 7 heteroatoms. The average Bonchev–Trinajstić information content (AvgIpc) is 2.69. The lowest BCUT2D eigenvalue weighted by molar-refractivity contribution is 0.0395. The van der Waals surface area contributed by atoms with Crippen molar-refractivity contribution < 1.29 is 13.2 Å². The Labute approximate surface area is 154 Å². The Balaban J connectivity index is 1.87. The van der Waals surface area contributed by atoms with Gasteiger partial charge < -0.3 is 4.74 Å². The highest BCUT2D eigenvalue weighted by atomic mass is 32.2. The molecule has 6 nitrogen and oxygen atoms in total. The summed E-state index contributed by atoms with van der Waals surface area (Å²) in [6.07, 6.45) is 0. The van der Waals surface area contributed by atoms with E-state index in [1.165, 1.54) is 28.6 Å². The third kappa shape index (κ3) is 4.22. The number of sulfonamides is 1. The lowest BCUT2D eigenvalue weighted by atomic mass is 10.2. The summed E-state index contributed by atoms with van der Waals surface area (Å²) in [7, 11) is -3.71.